The fourth-order valence-electron chi connectivity index (χ4n) is 1.61. The molecule has 2 unspecified atom stereocenters. The Morgan fingerprint density at radius 1 is 1.00 bits per heavy atom. The largest absolute Gasteiger partial charge is 0.198 e. The van der Waals surface area contributed by atoms with E-state index in [-0.39, 0.29) is 9.83 Å². The zero-order chi connectivity index (χ0) is 13.5. The molecule has 0 aromatic rings. The van der Waals surface area contributed by atoms with Gasteiger partial charge < -0.3 is 0 Å². The molecular weight excluding hydrogens is 345 g/mol. The van der Waals surface area contributed by atoms with Crippen molar-refractivity contribution in [3.8, 4) is 0 Å². The van der Waals surface area contributed by atoms with E-state index in [2.05, 4.69) is 22.0 Å². The molecule has 2 atom stereocenters. The highest BCUT2D eigenvalue weighted by Crippen LogP contribution is 2.58. The summed E-state index contributed by atoms with van der Waals surface area (Å²) in [5.74, 6) is 0. The maximum Gasteiger partial charge on any atom is 0.0742 e. The molecule has 1 saturated heterocycles. The number of hydrogen-bond acceptors (Lipinski definition) is 1. The van der Waals surface area contributed by atoms with Crippen LogP contribution in [0.2, 0.25) is 0 Å². The van der Waals surface area contributed by atoms with Gasteiger partial charge >= 0.3 is 0 Å². The SMILES string of the molecule is CCCCN1P(Cl)CCP(Cl)N(CCCC)S1=S. The van der Waals surface area contributed by atoms with Gasteiger partial charge in [0.1, 0.15) is 0 Å². The molecule has 0 aromatic carbocycles. The predicted molar refractivity (Wildman–Crippen MR) is 93.2 cm³/mol. The highest BCUT2D eigenvalue weighted by Gasteiger charge is 2.31. The van der Waals surface area contributed by atoms with E-state index in [1.165, 1.54) is 25.7 Å². The highest BCUT2D eigenvalue weighted by molar-refractivity contribution is 8.31. The molecule has 0 saturated carbocycles. The molecule has 1 fully saturated rings. The number of rotatable bonds is 6. The van der Waals surface area contributed by atoms with Crippen LogP contribution in [0.5, 0.6) is 0 Å². The van der Waals surface area contributed by atoms with Crippen LogP contribution in [0.1, 0.15) is 39.5 Å². The van der Waals surface area contributed by atoms with E-state index in [0.717, 1.165) is 25.4 Å². The number of unbranched alkanes of at least 4 members (excludes halogenated alkanes) is 2. The first-order chi connectivity index (χ1) is 8.61. The molecule has 2 nitrogen and oxygen atoms in total. The Bertz CT molecular complexity index is 250. The molecule has 8 heteroatoms. The van der Waals surface area contributed by atoms with Gasteiger partial charge in [0.05, 0.1) is 14.9 Å². The summed E-state index contributed by atoms with van der Waals surface area (Å²) >= 11 is 18.8. The van der Waals surface area contributed by atoms with E-state index in [9.17, 15) is 0 Å². The molecule has 1 aliphatic heterocycles. The van der Waals surface area contributed by atoms with E-state index in [1.807, 2.05) is 0 Å². The van der Waals surface area contributed by atoms with Crippen LogP contribution < -0.4 is 0 Å². The van der Waals surface area contributed by atoms with Crippen LogP contribution in [0.3, 0.4) is 0 Å². The second kappa shape index (κ2) is 9.79. The minimum Gasteiger partial charge on any atom is -0.198 e. The lowest BCUT2D eigenvalue weighted by molar-refractivity contribution is 0.601. The molecule has 108 valence electrons. The van der Waals surface area contributed by atoms with Crippen LogP contribution in [0.15, 0.2) is 0 Å². The van der Waals surface area contributed by atoms with E-state index in [0.29, 0.717) is 0 Å². The topological polar surface area (TPSA) is 6.48 Å². The van der Waals surface area contributed by atoms with E-state index in [4.69, 9.17) is 33.7 Å². The van der Waals surface area contributed by atoms with Crippen LogP contribution in [0.25, 0.3) is 0 Å². The van der Waals surface area contributed by atoms with Gasteiger partial charge in [0.2, 0.25) is 0 Å². The zero-order valence-electron chi connectivity index (χ0n) is 11.0. The Balaban J connectivity index is 2.72. The molecule has 1 aliphatic rings. The van der Waals surface area contributed by atoms with Gasteiger partial charge in [-0.2, -0.15) is 8.15 Å². The van der Waals surface area contributed by atoms with Crippen molar-refractivity contribution in [3.05, 3.63) is 0 Å². The van der Waals surface area contributed by atoms with Gasteiger partial charge in [-0.05, 0) is 24.0 Å². The molecule has 0 amide bonds. The monoisotopic (exact) mass is 366 g/mol. The van der Waals surface area contributed by atoms with Crippen molar-refractivity contribution >= 4 is 58.3 Å². The summed E-state index contributed by atoms with van der Waals surface area (Å²) in [6.45, 7) is 6.47. The van der Waals surface area contributed by atoms with Crippen LogP contribution in [0.4, 0.5) is 0 Å². The minimum absolute atomic E-state index is 0.303. The summed E-state index contributed by atoms with van der Waals surface area (Å²) < 4.78 is 4.69. The minimum atomic E-state index is -0.597. The summed E-state index contributed by atoms with van der Waals surface area (Å²) in [6, 6.07) is 0. The lowest BCUT2D eigenvalue weighted by atomic mass is 10.3. The Labute approximate surface area is 131 Å². The third-order valence-corrected chi connectivity index (χ3v) is 13.2. The molecule has 0 bridgehead atoms. The van der Waals surface area contributed by atoms with Crippen LogP contribution in [0, 0.1) is 0 Å². The van der Waals surface area contributed by atoms with Crippen molar-refractivity contribution in [1.29, 1.82) is 0 Å². The first-order valence-electron chi connectivity index (χ1n) is 6.45. The first kappa shape index (κ1) is 18.0. The summed E-state index contributed by atoms with van der Waals surface area (Å²) in [6.07, 6.45) is 6.78. The maximum absolute atomic E-state index is 6.54. The third-order valence-electron chi connectivity index (χ3n) is 2.72. The quantitative estimate of drug-likeness (QED) is 0.595. The number of nitrogens with zero attached hydrogens (tertiary/aromatic N) is 2. The van der Waals surface area contributed by atoms with Crippen molar-refractivity contribution in [2.75, 3.05) is 25.4 Å². The van der Waals surface area contributed by atoms with Crippen molar-refractivity contribution in [3.63, 3.8) is 0 Å². The van der Waals surface area contributed by atoms with Crippen molar-refractivity contribution in [1.82, 2.24) is 8.15 Å². The van der Waals surface area contributed by atoms with Gasteiger partial charge in [-0.3, -0.25) is 0 Å². The van der Waals surface area contributed by atoms with Crippen molar-refractivity contribution in [2.45, 2.75) is 39.5 Å². The fourth-order valence-corrected chi connectivity index (χ4v) is 12.7. The van der Waals surface area contributed by atoms with E-state index >= 15 is 0 Å². The van der Waals surface area contributed by atoms with Gasteiger partial charge in [-0.15, -0.1) is 0 Å². The zero-order valence-corrected chi connectivity index (χ0v) is 16.0. The van der Waals surface area contributed by atoms with Crippen LogP contribution >= 0.6 is 37.3 Å². The second-order valence-corrected chi connectivity index (χ2v) is 12.5. The van der Waals surface area contributed by atoms with Crippen molar-refractivity contribution in [2.24, 2.45) is 0 Å². The fraction of sp³-hybridized carbons (Fsp3) is 1.00. The molecule has 0 aromatic heterocycles. The van der Waals surface area contributed by atoms with Gasteiger partial charge in [-0.25, -0.2) is 0 Å². The molecule has 18 heavy (non-hydrogen) atoms. The third kappa shape index (κ3) is 5.37. The van der Waals surface area contributed by atoms with Gasteiger partial charge in [0.25, 0.3) is 0 Å². The van der Waals surface area contributed by atoms with Crippen LogP contribution in [-0.4, -0.2) is 33.6 Å². The molecule has 1 rings (SSSR count). The standard InChI is InChI=1S/C10H22Cl2N2P2S2/c1-3-5-7-13-15(11)9-10-16(12)14(18(13)17)8-6-4-2/h3-10H2,1-2H3. The summed E-state index contributed by atoms with van der Waals surface area (Å²) in [5, 5.41) is 0. The average Bonchev–Trinajstić information content (AvgIpc) is 2.45. The van der Waals surface area contributed by atoms with Crippen molar-refractivity contribution < 1.29 is 0 Å². The van der Waals surface area contributed by atoms with Gasteiger partial charge in [-0.1, -0.05) is 49.2 Å². The maximum atomic E-state index is 6.54. The lowest BCUT2D eigenvalue weighted by Gasteiger charge is -2.32. The van der Waals surface area contributed by atoms with Crippen LogP contribution in [-0.2, 0) is 21.0 Å². The molecule has 0 N–H and O–H groups in total. The summed E-state index contributed by atoms with van der Waals surface area (Å²) in [4.78, 5) is 0. The Morgan fingerprint density at radius 3 is 1.72 bits per heavy atom. The van der Waals surface area contributed by atoms with Gasteiger partial charge in [0.15, 0.2) is 0 Å². The Morgan fingerprint density at radius 2 is 1.39 bits per heavy atom. The summed E-state index contributed by atoms with van der Waals surface area (Å²) in [7, 11) is -1.50. The Kier molecular flexibility index (Phi) is 9.78. The average molecular weight is 367 g/mol. The number of halogens is 2. The predicted octanol–water partition coefficient (Wildman–Crippen LogP) is 5.22. The highest BCUT2D eigenvalue weighted by atomic mass is 35.7. The molecular formula is C10H22Cl2N2P2S2. The first-order valence-corrected chi connectivity index (χ1v) is 13.3. The van der Waals surface area contributed by atoms with E-state index < -0.39 is 14.9 Å². The second-order valence-electron chi connectivity index (χ2n) is 4.21. The molecule has 0 aliphatic carbocycles. The molecule has 1 heterocycles. The number of hydrogen-bond donors (Lipinski definition) is 0. The Hall–Kier alpha value is 1.93. The van der Waals surface area contributed by atoms with E-state index in [1.54, 1.807) is 0 Å². The lowest BCUT2D eigenvalue weighted by Crippen LogP contribution is -2.30. The van der Waals surface area contributed by atoms with Gasteiger partial charge in [0, 0.05) is 35.2 Å². The normalized spacial score (nSPS) is 31.4. The smallest absolute Gasteiger partial charge is 0.0742 e. The molecule has 0 spiro atoms. The molecule has 0 radical (unpaired) electrons. The summed E-state index contributed by atoms with van der Waals surface area (Å²) in [5.41, 5.74) is 0.